The van der Waals surface area contributed by atoms with Gasteiger partial charge in [-0.1, -0.05) is 12.1 Å². The molecule has 0 radical (unpaired) electrons. The van der Waals surface area contributed by atoms with Gasteiger partial charge in [0.15, 0.2) is 0 Å². The smallest absolute Gasteiger partial charge is 0.373 e. The Balaban J connectivity index is 2.50. The van der Waals surface area contributed by atoms with Gasteiger partial charge in [0.1, 0.15) is 5.82 Å². The summed E-state index contributed by atoms with van der Waals surface area (Å²) in [4.78, 5) is 7.82. The Bertz CT molecular complexity index is 596. The maximum atomic E-state index is 12.6. The second-order valence-electron chi connectivity index (χ2n) is 3.83. The van der Waals surface area contributed by atoms with E-state index in [-0.39, 0.29) is 5.95 Å². The first-order valence-electron chi connectivity index (χ1n) is 5.40. The molecule has 0 bridgehead atoms. The quantitative estimate of drug-likeness (QED) is 0.879. The van der Waals surface area contributed by atoms with E-state index in [9.17, 15) is 13.2 Å². The number of aromatic nitrogens is 2. The first-order valence-corrected chi connectivity index (χ1v) is 5.40. The molecule has 19 heavy (non-hydrogen) atoms. The number of hydrogen-bond acceptors (Lipinski definition) is 4. The Kier molecular flexibility index (Phi) is 3.28. The summed E-state index contributed by atoms with van der Waals surface area (Å²) < 4.78 is 37.9. The van der Waals surface area contributed by atoms with Crippen LogP contribution >= 0.6 is 0 Å². The average molecular weight is 268 g/mol. The Morgan fingerprint density at radius 1 is 1.16 bits per heavy atom. The zero-order valence-electron chi connectivity index (χ0n) is 9.99. The van der Waals surface area contributed by atoms with Crippen LogP contribution < -0.4 is 11.1 Å². The van der Waals surface area contributed by atoms with Gasteiger partial charge in [0.2, 0.25) is 5.95 Å². The molecule has 0 aliphatic carbocycles. The standard InChI is InChI=1S/C12H11F3N4/c1-17-10-6-9(18-11(16)19-10)7-3-2-4-8(5-7)12(13,14)15/h2-6H,1H3,(H3,16,17,18,19). The van der Waals surface area contributed by atoms with Gasteiger partial charge >= 0.3 is 6.18 Å². The van der Waals surface area contributed by atoms with Crippen LogP contribution in [-0.4, -0.2) is 17.0 Å². The van der Waals surface area contributed by atoms with E-state index in [0.29, 0.717) is 17.1 Å². The van der Waals surface area contributed by atoms with E-state index in [0.717, 1.165) is 12.1 Å². The number of anilines is 2. The van der Waals surface area contributed by atoms with Crippen LogP contribution in [-0.2, 0) is 6.18 Å². The zero-order valence-corrected chi connectivity index (χ0v) is 9.99. The van der Waals surface area contributed by atoms with Crippen LogP contribution in [0, 0.1) is 0 Å². The topological polar surface area (TPSA) is 63.8 Å². The third kappa shape index (κ3) is 2.93. The van der Waals surface area contributed by atoms with Crippen molar-refractivity contribution in [3.8, 4) is 11.3 Å². The monoisotopic (exact) mass is 268 g/mol. The number of alkyl halides is 3. The molecule has 0 atom stereocenters. The minimum Gasteiger partial charge on any atom is -0.373 e. The summed E-state index contributed by atoms with van der Waals surface area (Å²) in [6.45, 7) is 0. The molecule has 0 spiro atoms. The molecule has 0 saturated heterocycles. The van der Waals surface area contributed by atoms with E-state index < -0.39 is 11.7 Å². The van der Waals surface area contributed by atoms with Crippen molar-refractivity contribution in [2.24, 2.45) is 0 Å². The van der Waals surface area contributed by atoms with Gasteiger partial charge in [0.05, 0.1) is 11.3 Å². The van der Waals surface area contributed by atoms with E-state index in [1.807, 2.05) is 0 Å². The SMILES string of the molecule is CNc1cc(-c2cccc(C(F)(F)F)c2)nc(N)n1. The number of nitrogens with one attached hydrogen (secondary N) is 1. The highest BCUT2D eigenvalue weighted by atomic mass is 19.4. The number of nitrogen functional groups attached to an aromatic ring is 1. The lowest BCUT2D eigenvalue weighted by Crippen LogP contribution is -2.05. The van der Waals surface area contributed by atoms with E-state index in [1.165, 1.54) is 18.2 Å². The van der Waals surface area contributed by atoms with Crippen molar-refractivity contribution in [3.05, 3.63) is 35.9 Å². The highest BCUT2D eigenvalue weighted by Crippen LogP contribution is 2.32. The molecule has 0 amide bonds. The minimum absolute atomic E-state index is 0.000684. The minimum atomic E-state index is -4.39. The lowest BCUT2D eigenvalue weighted by molar-refractivity contribution is -0.137. The number of hydrogen-bond donors (Lipinski definition) is 2. The van der Waals surface area contributed by atoms with E-state index in [1.54, 1.807) is 7.05 Å². The molecule has 1 aromatic heterocycles. The fourth-order valence-electron chi connectivity index (χ4n) is 1.60. The van der Waals surface area contributed by atoms with Gasteiger partial charge in [-0.2, -0.15) is 18.2 Å². The van der Waals surface area contributed by atoms with Crippen molar-refractivity contribution < 1.29 is 13.2 Å². The third-order valence-corrected chi connectivity index (χ3v) is 2.49. The normalized spacial score (nSPS) is 11.4. The van der Waals surface area contributed by atoms with Crippen molar-refractivity contribution in [1.29, 1.82) is 0 Å². The van der Waals surface area contributed by atoms with Crippen LogP contribution in [0.15, 0.2) is 30.3 Å². The van der Waals surface area contributed by atoms with Crippen molar-refractivity contribution in [3.63, 3.8) is 0 Å². The van der Waals surface area contributed by atoms with Gasteiger partial charge in [0, 0.05) is 18.7 Å². The van der Waals surface area contributed by atoms with Crippen LogP contribution in [0.3, 0.4) is 0 Å². The van der Waals surface area contributed by atoms with Crippen LogP contribution in [0.2, 0.25) is 0 Å². The van der Waals surface area contributed by atoms with Crippen molar-refractivity contribution in [2.45, 2.75) is 6.18 Å². The van der Waals surface area contributed by atoms with Gasteiger partial charge in [-0.25, -0.2) is 4.98 Å². The molecule has 0 aliphatic rings. The predicted octanol–water partition coefficient (Wildman–Crippen LogP) is 2.79. The Labute approximate surface area is 107 Å². The van der Waals surface area contributed by atoms with E-state index in [4.69, 9.17) is 5.73 Å². The second-order valence-corrected chi connectivity index (χ2v) is 3.83. The van der Waals surface area contributed by atoms with E-state index in [2.05, 4.69) is 15.3 Å². The molecule has 100 valence electrons. The molecule has 0 unspecified atom stereocenters. The van der Waals surface area contributed by atoms with Gasteiger partial charge in [-0.15, -0.1) is 0 Å². The fourth-order valence-corrected chi connectivity index (χ4v) is 1.60. The molecule has 0 saturated carbocycles. The summed E-state index contributed by atoms with van der Waals surface area (Å²) in [6, 6.07) is 6.44. The van der Waals surface area contributed by atoms with Gasteiger partial charge in [-0.05, 0) is 12.1 Å². The molecule has 7 heteroatoms. The molecule has 2 aromatic rings. The van der Waals surface area contributed by atoms with Crippen LogP contribution in [0.1, 0.15) is 5.56 Å². The lowest BCUT2D eigenvalue weighted by Gasteiger charge is -2.09. The summed E-state index contributed by atoms with van der Waals surface area (Å²) in [7, 11) is 1.64. The van der Waals surface area contributed by atoms with Crippen molar-refractivity contribution in [2.75, 3.05) is 18.1 Å². The lowest BCUT2D eigenvalue weighted by atomic mass is 10.1. The van der Waals surface area contributed by atoms with Crippen molar-refractivity contribution in [1.82, 2.24) is 9.97 Å². The first-order chi connectivity index (χ1) is 8.90. The number of nitrogens with zero attached hydrogens (tertiary/aromatic N) is 2. The maximum Gasteiger partial charge on any atom is 0.416 e. The average Bonchev–Trinajstić information content (AvgIpc) is 2.37. The van der Waals surface area contributed by atoms with Gasteiger partial charge in [-0.3, -0.25) is 0 Å². The second kappa shape index (κ2) is 4.75. The first kappa shape index (κ1) is 13.1. The van der Waals surface area contributed by atoms with Crippen LogP contribution in [0.25, 0.3) is 11.3 Å². The van der Waals surface area contributed by atoms with Crippen LogP contribution in [0.5, 0.6) is 0 Å². The Hall–Kier alpha value is -2.31. The molecule has 1 aromatic carbocycles. The summed E-state index contributed by atoms with van der Waals surface area (Å²) in [6.07, 6.45) is -4.39. The molecule has 0 fully saturated rings. The van der Waals surface area contributed by atoms with Crippen LogP contribution in [0.4, 0.5) is 24.9 Å². The predicted molar refractivity (Wildman–Crippen MR) is 66.4 cm³/mol. The molecular weight excluding hydrogens is 257 g/mol. The van der Waals surface area contributed by atoms with Gasteiger partial charge in [0.25, 0.3) is 0 Å². The number of benzene rings is 1. The van der Waals surface area contributed by atoms with Crippen molar-refractivity contribution >= 4 is 11.8 Å². The fraction of sp³-hybridized carbons (Fsp3) is 0.167. The number of halogens is 3. The zero-order chi connectivity index (χ0) is 14.0. The highest BCUT2D eigenvalue weighted by molar-refractivity contribution is 5.64. The maximum absolute atomic E-state index is 12.6. The molecular formula is C12H11F3N4. The molecule has 1 heterocycles. The summed E-state index contributed by atoms with van der Waals surface area (Å²) in [5.41, 5.74) is 5.45. The largest absolute Gasteiger partial charge is 0.416 e. The van der Waals surface area contributed by atoms with Gasteiger partial charge < -0.3 is 11.1 Å². The summed E-state index contributed by atoms with van der Waals surface area (Å²) >= 11 is 0. The molecule has 0 aliphatic heterocycles. The number of nitrogens with two attached hydrogens (primary N) is 1. The molecule has 3 N–H and O–H groups in total. The van der Waals surface area contributed by atoms with E-state index >= 15 is 0 Å². The summed E-state index contributed by atoms with van der Waals surface area (Å²) in [5, 5.41) is 2.77. The Morgan fingerprint density at radius 3 is 2.53 bits per heavy atom. The number of rotatable bonds is 2. The Morgan fingerprint density at radius 2 is 1.89 bits per heavy atom. The summed E-state index contributed by atoms with van der Waals surface area (Å²) in [5.74, 6) is 0.444. The molecule has 4 nitrogen and oxygen atoms in total. The third-order valence-electron chi connectivity index (χ3n) is 2.49. The highest BCUT2D eigenvalue weighted by Gasteiger charge is 2.30. The molecule has 2 rings (SSSR count).